The van der Waals surface area contributed by atoms with Crippen LogP contribution in [0, 0.1) is 0 Å². The van der Waals surface area contributed by atoms with E-state index in [9.17, 15) is 0 Å². The van der Waals surface area contributed by atoms with Crippen molar-refractivity contribution in [2.24, 2.45) is 5.73 Å². The average molecular weight is 161 g/mol. The van der Waals surface area contributed by atoms with Gasteiger partial charge in [-0.3, -0.25) is 0 Å². The van der Waals surface area contributed by atoms with Crippen LogP contribution < -0.4 is 5.73 Å². The highest BCUT2D eigenvalue weighted by Crippen LogP contribution is 2.09. The lowest BCUT2D eigenvalue weighted by Crippen LogP contribution is -2.04. The maximum atomic E-state index is 5.70. The van der Waals surface area contributed by atoms with Crippen molar-refractivity contribution >= 4 is 5.65 Å². The summed E-state index contributed by atoms with van der Waals surface area (Å²) in [6, 6.07) is 5.91. The number of pyridine rings is 1. The second kappa shape index (κ2) is 2.60. The molecule has 12 heavy (non-hydrogen) atoms. The van der Waals surface area contributed by atoms with Gasteiger partial charge < -0.3 is 10.1 Å². The predicted molar refractivity (Wildman–Crippen MR) is 47.8 cm³/mol. The largest absolute Gasteiger partial charge is 0.323 e. The van der Waals surface area contributed by atoms with Crippen LogP contribution >= 0.6 is 0 Å². The number of fused-ring (bicyclic) bond motifs is 1. The monoisotopic (exact) mass is 161 g/mol. The highest BCUT2D eigenvalue weighted by Gasteiger charge is 2.03. The van der Waals surface area contributed by atoms with Gasteiger partial charge in [-0.25, -0.2) is 4.98 Å². The van der Waals surface area contributed by atoms with E-state index >= 15 is 0 Å². The van der Waals surface area contributed by atoms with E-state index in [2.05, 4.69) is 4.98 Å². The Morgan fingerprint density at radius 3 is 3.00 bits per heavy atom. The first-order chi connectivity index (χ1) is 5.77. The third kappa shape index (κ3) is 1.08. The average Bonchev–Trinajstić information content (AvgIpc) is 2.46. The van der Waals surface area contributed by atoms with Gasteiger partial charge in [0.25, 0.3) is 0 Å². The summed E-state index contributed by atoms with van der Waals surface area (Å²) in [5.74, 6) is 0. The summed E-state index contributed by atoms with van der Waals surface area (Å²) >= 11 is 0. The first kappa shape index (κ1) is 7.31. The van der Waals surface area contributed by atoms with Gasteiger partial charge in [-0.05, 0) is 19.1 Å². The lowest BCUT2D eigenvalue weighted by atomic mass is 10.3. The van der Waals surface area contributed by atoms with Crippen LogP contribution in [-0.2, 0) is 0 Å². The lowest BCUT2D eigenvalue weighted by molar-refractivity contribution is 0.790. The van der Waals surface area contributed by atoms with Crippen molar-refractivity contribution in [2.45, 2.75) is 13.0 Å². The Morgan fingerprint density at radius 2 is 2.33 bits per heavy atom. The Morgan fingerprint density at radius 1 is 1.50 bits per heavy atom. The summed E-state index contributed by atoms with van der Waals surface area (Å²) < 4.78 is 1.97. The fraction of sp³-hybridized carbons (Fsp3) is 0.222. The number of nitrogens with two attached hydrogens (primary N) is 1. The minimum absolute atomic E-state index is 0.00454. The van der Waals surface area contributed by atoms with Crippen LogP contribution in [0.2, 0.25) is 0 Å². The van der Waals surface area contributed by atoms with Crippen molar-refractivity contribution in [3.8, 4) is 0 Å². The molecule has 0 saturated heterocycles. The normalized spacial score (nSPS) is 13.5. The molecule has 0 unspecified atom stereocenters. The SMILES string of the molecule is C[C@H](N)c1cn2ccccc2n1. The minimum atomic E-state index is 0.00454. The summed E-state index contributed by atoms with van der Waals surface area (Å²) in [5, 5.41) is 0. The third-order valence-corrected chi connectivity index (χ3v) is 1.85. The van der Waals surface area contributed by atoms with Gasteiger partial charge in [0.2, 0.25) is 0 Å². The highest BCUT2D eigenvalue weighted by molar-refractivity contribution is 5.39. The first-order valence-electron chi connectivity index (χ1n) is 3.96. The molecule has 2 N–H and O–H groups in total. The zero-order valence-electron chi connectivity index (χ0n) is 6.94. The van der Waals surface area contributed by atoms with Gasteiger partial charge in [0, 0.05) is 18.4 Å². The zero-order chi connectivity index (χ0) is 8.55. The van der Waals surface area contributed by atoms with Gasteiger partial charge >= 0.3 is 0 Å². The topological polar surface area (TPSA) is 43.3 Å². The van der Waals surface area contributed by atoms with Crippen LogP contribution in [0.4, 0.5) is 0 Å². The molecule has 2 rings (SSSR count). The quantitative estimate of drug-likeness (QED) is 0.686. The highest BCUT2D eigenvalue weighted by atomic mass is 15.0. The molecule has 2 heterocycles. The van der Waals surface area contributed by atoms with Crippen molar-refractivity contribution in [3.63, 3.8) is 0 Å². The van der Waals surface area contributed by atoms with Gasteiger partial charge in [-0.15, -0.1) is 0 Å². The predicted octanol–water partition coefficient (Wildman–Crippen LogP) is 1.35. The van der Waals surface area contributed by atoms with E-state index in [0.29, 0.717) is 0 Å². The van der Waals surface area contributed by atoms with Gasteiger partial charge in [0.15, 0.2) is 0 Å². The number of aromatic nitrogens is 2. The van der Waals surface area contributed by atoms with Crippen LogP contribution in [0.15, 0.2) is 30.6 Å². The number of imidazole rings is 1. The molecule has 0 aliphatic heterocycles. The summed E-state index contributed by atoms with van der Waals surface area (Å²) in [4.78, 5) is 4.35. The molecule has 2 aromatic rings. The molecule has 1 atom stereocenters. The Kier molecular flexibility index (Phi) is 1.59. The summed E-state index contributed by atoms with van der Waals surface area (Å²) in [5.41, 5.74) is 7.58. The van der Waals surface area contributed by atoms with Crippen LogP contribution in [0.3, 0.4) is 0 Å². The third-order valence-electron chi connectivity index (χ3n) is 1.85. The maximum Gasteiger partial charge on any atom is 0.137 e. The van der Waals surface area contributed by atoms with Gasteiger partial charge in [-0.2, -0.15) is 0 Å². The molecule has 0 bridgehead atoms. The fourth-order valence-corrected chi connectivity index (χ4v) is 1.17. The van der Waals surface area contributed by atoms with E-state index in [4.69, 9.17) is 5.73 Å². The Hall–Kier alpha value is -1.35. The molecule has 0 aliphatic rings. The number of rotatable bonds is 1. The van der Waals surface area contributed by atoms with E-state index in [1.807, 2.05) is 41.9 Å². The minimum Gasteiger partial charge on any atom is -0.323 e. The van der Waals surface area contributed by atoms with E-state index in [0.717, 1.165) is 11.3 Å². The van der Waals surface area contributed by atoms with Crippen LogP contribution in [0.5, 0.6) is 0 Å². The molecule has 0 radical (unpaired) electrons. The Balaban J connectivity index is 2.62. The number of hydrogen-bond donors (Lipinski definition) is 1. The van der Waals surface area contributed by atoms with Crippen LogP contribution in [-0.4, -0.2) is 9.38 Å². The smallest absolute Gasteiger partial charge is 0.137 e. The zero-order valence-corrected chi connectivity index (χ0v) is 6.94. The fourth-order valence-electron chi connectivity index (χ4n) is 1.17. The molecule has 0 fully saturated rings. The Labute approximate surface area is 70.8 Å². The molecular formula is C9H11N3. The molecule has 3 heteroatoms. The first-order valence-corrected chi connectivity index (χ1v) is 3.96. The molecule has 0 aromatic carbocycles. The number of nitrogens with zero attached hydrogens (tertiary/aromatic N) is 2. The maximum absolute atomic E-state index is 5.70. The lowest BCUT2D eigenvalue weighted by Gasteiger charge is -1.95. The molecule has 0 amide bonds. The second-order valence-corrected chi connectivity index (χ2v) is 2.92. The Bertz CT molecular complexity index is 356. The molecule has 0 aliphatic carbocycles. The summed E-state index contributed by atoms with van der Waals surface area (Å²) in [6.07, 6.45) is 3.92. The van der Waals surface area contributed by atoms with E-state index in [1.54, 1.807) is 0 Å². The molecule has 0 saturated carbocycles. The number of hydrogen-bond acceptors (Lipinski definition) is 2. The molecule has 2 aromatic heterocycles. The van der Waals surface area contributed by atoms with Crippen molar-refractivity contribution in [2.75, 3.05) is 0 Å². The van der Waals surface area contributed by atoms with Crippen LogP contribution in [0.25, 0.3) is 5.65 Å². The van der Waals surface area contributed by atoms with Crippen molar-refractivity contribution in [3.05, 3.63) is 36.3 Å². The summed E-state index contributed by atoms with van der Waals surface area (Å²) in [6.45, 7) is 1.93. The van der Waals surface area contributed by atoms with Gasteiger partial charge in [0.05, 0.1) is 5.69 Å². The molecule has 0 spiro atoms. The molecular weight excluding hydrogens is 150 g/mol. The van der Waals surface area contributed by atoms with Crippen molar-refractivity contribution in [1.29, 1.82) is 0 Å². The second-order valence-electron chi connectivity index (χ2n) is 2.92. The van der Waals surface area contributed by atoms with E-state index in [1.165, 1.54) is 0 Å². The van der Waals surface area contributed by atoms with E-state index in [-0.39, 0.29) is 6.04 Å². The molecule has 62 valence electrons. The summed E-state index contributed by atoms with van der Waals surface area (Å²) in [7, 11) is 0. The standard InChI is InChI=1S/C9H11N3/c1-7(10)8-6-12-5-3-2-4-9(12)11-8/h2-7H,10H2,1H3/t7-/m0/s1. The van der Waals surface area contributed by atoms with Gasteiger partial charge in [0.1, 0.15) is 5.65 Å². The van der Waals surface area contributed by atoms with Crippen molar-refractivity contribution < 1.29 is 0 Å². The van der Waals surface area contributed by atoms with Crippen LogP contribution in [0.1, 0.15) is 18.7 Å². The van der Waals surface area contributed by atoms with Crippen molar-refractivity contribution in [1.82, 2.24) is 9.38 Å². The van der Waals surface area contributed by atoms with E-state index < -0.39 is 0 Å². The molecule has 3 nitrogen and oxygen atoms in total. The van der Waals surface area contributed by atoms with Gasteiger partial charge in [-0.1, -0.05) is 6.07 Å².